The minimum absolute atomic E-state index is 0.900. The number of para-hydroxylation sites is 4. The highest BCUT2D eigenvalue weighted by atomic mass is 15.0. The van der Waals surface area contributed by atoms with Crippen molar-refractivity contribution in [3.05, 3.63) is 60.9 Å². The Balaban J connectivity index is 1.99. The zero-order valence-electron chi connectivity index (χ0n) is 14.0. The lowest BCUT2D eigenvalue weighted by Crippen LogP contribution is -2.35. The van der Waals surface area contributed by atoms with Crippen molar-refractivity contribution in [2.75, 3.05) is 0 Å². The predicted molar refractivity (Wildman–Crippen MR) is 94.2 cm³/mol. The molecule has 0 spiro atoms. The van der Waals surface area contributed by atoms with Crippen molar-refractivity contribution >= 4 is 22.1 Å². The monoisotopic (exact) mass is 316 g/mol. The highest BCUT2D eigenvalue weighted by Gasteiger charge is 2.18. The number of hydrogen-bond acceptors (Lipinski definition) is 2. The second kappa shape index (κ2) is 5.96. The molecule has 4 aromatic rings. The van der Waals surface area contributed by atoms with Gasteiger partial charge in [0.15, 0.2) is 23.8 Å². The van der Waals surface area contributed by atoms with Gasteiger partial charge >= 0.3 is 0 Å². The van der Waals surface area contributed by atoms with Crippen molar-refractivity contribution in [1.29, 1.82) is 0 Å². The fourth-order valence-corrected chi connectivity index (χ4v) is 3.12. The molecule has 4 nitrogen and oxygen atoms in total. The van der Waals surface area contributed by atoms with Crippen LogP contribution in [0.5, 0.6) is 0 Å². The molecule has 0 saturated carbocycles. The van der Waals surface area contributed by atoms with Crippen molar-refractivity contribution in [2.45, 2.75) is 26.9 Å². The second-order valence-corrected chi connectivity index (χ2v) is 5.80. The van der Waals surface area contributed by atoms with E-state index in [0.717, 1.165) is 46.5 Å². The maximum Gasteiger partial charge on any atom is 0.231 e. The Hall–Kier alpha value is -2.88. The molecular formula is C20H20N4+2. The summed E-state index contributed by atoms with van der Waals surface area (Å²) in [5, 5.41) is 0. The summed E-state index contributed by atoms with van der Waals surface area (Å²) in [4.78, 5) is 9.68. The zero-order chi connectivity index (χ0) is 16.5. The van der Waals surface area contributed by atoms with Gasteiger partial charge in [-0.2, -0.15) is 9.13 Å². The van der Waals surface area contributed by atoms with Crippen LogP contribution in [0.1, 0.15) is 13.8 Å². The largest absolute Gasteiger partial charge is 0.233 e. The molecule has 0 aliphatic heterocycles. The van der Waals surface area contributed by atoms with E-state index in [-0.39, 0.29) is 0 Å². The van der Waals surface area contributed by atoms with Gasteiger partial charge in [-0.25, -0.2) is 9.97 Å². The molecule has 0 aliphatic carbocycles. The quantitative estimate of drug-likeness (QED) is 0.544. The van der Waals surface area contributed by atoms with E-state index < -0.39 is 0 Å². The maximum absolute atomic E-state index is 4.84. The molecule has 0 bridgehead atoms. The van der Waals surface area contributed by atoms with Gasteiger partial charge in [0, 0.05) is 12.1 Å². The Morgan fingerprint density at radius 3 is 1.50 bits per heavy atom. The molecule has 0 amide bonds. The van der Waals surface area contributed by atoms with Gasteiger partial charge in [0.2, 0.25) is 11.0 Å². The molecule has 2 aromatic carbocycles. The number of hydrogen-bond donors (Lipinski definition) is 0. The van der Waals surface area contributed by atoms with Crippen molar-refractivity contribution < 1.29 is 9.13 Å². The molecule has 118 valence electrons. The van der Waals surface area contributed by atoms with Crippen LogP contribution < -0.4 is 9.13 Å². The first-order chi connectivity index (χ1) is 11.8. The maximum atomic E-state index is 4.84. The molecule has 0 radical (unpaired) electrons. The first kappa shape index (κ1) is 14.7. The lowest BCUT2D eigenvalue weighted by Gasteiger charge is -2.04. The molecule has 0 saturated heterocycles. The van der Waals surface area contributed by atoms with Crippen LogP contribution in [0.3, 0.4) is 0 Å². The highest BCUT2D eigenvalue weighted by Crippen LogP contribution is 2.18. The third-order valence-corrected chi connectivity index (χ3v) is 4.36. The van der Waals surface area contributed by atoms with Crippen molar-refractivity contribution in [2.24, 2.45) is 0 Å². The number of benzene rings is 2. The Bertz CT molecular complexity index is 955. The van der Waals surface area contributed by atoms with Gasteiger partial charge in [-0.05, 0) is 26.0 Å². The first-order valence-electron chi connectivity index (χ1n) is 8.39. The molecule has 2 heterocycles. The summed E-state index contributed by atoms with van der Waals surface area (Å²) in [7, 11) is 0. The third-order valence-electron chi connectivity index (χ3n) is 4.36. The number of aromatic nitrogens is 4. The average Bonchev–Trinajstić information content (AvgIpc) is 2.66. The summed E-state index contributed by atoms with van der Waals surface area (Å²) in [6, 6.07) is 16.5. The van der Waals surface area contributed by atoms with E-state index in [4.69, 9.17) is 9.97 Å². The fourth-order valence-electron chi connectivity index (χ4n) is 3.12. The van der Waals surface area contributed by atoms with E-state index in [9.17, 15) is 0 Å². The van der Waals surface area contributed by atoms with Crippen LogP contribution in [0.2, 0.25) is 0 Å². The summed E-state index contributed by atoms with van der Waals surface area (Å²) < 4.78 is 4.45. The molecule has 0 fully saturated rings. The molecule has 0 N–H and O–H groups in total. The van der Waals surface area contributed by atoms with Crippen molar-refractivity contribution in [3.8, 4) is 11.4 Å². The average molecular weight is 316 g/mol. The highest BCUT2D eigenvalue weighted by molar-refractivity contribution is 5.75. The van der Waals surface area contributed by atoms with Gasteiger partial charge in [-0.1, -0.05) is 24.3 Å². The van der Waals surface area contributed by atoms with Crippen LogP contribution in [0.15, 0.2) is 60.9 Å². The summed E-state index contributed by atoms with van der Waals surface area (Å²) >= 11 is 0. The Morgan fingerprint density at radius 2 is 1.08 bits per heavy atom. The molecule has 2 aromatic heterocycles. The Kier molecular flexibility index (Phi) is 3.65. The van der Waals surface area contributed by atoms with Gasteiger partial charge in [0.25, 0.3) is 0 Å². The van der Waals surface area contributed by atoms with E-state index in [1.807, 2.05) is 12.1 Å². The molecule has 0 unspecified atom stereocenters. The van der Waals surface area contributed by atoms with E-state index in [0.29, 0.717) is 0 Å². The minimum atomic E-state index is 0.900. The standard InChI is InChI=1S/C20H20N4/c1-3-23-13-17(21-15-9-5-7-11-19(15)23)18-14-24(4-2)20-12-8-6-10-16(20)22-18/h5-14H,3-4H2,1-2H3/q+2. The molecule has 0 aliphatic rings. The van der Waals surface area contributed by atoms with E-state index in [2.05, 4.69) is 71.8 Å². The normalized spacial score (nSPS) is 11.2. The Morgan fingerprint density at radius 1 is 0.667 bits per heavy atom. The van der Waals surface area contributed by atoms with Gasteiger partial charge in [-0.3, -0.25) is 0 Å². The van der Waals surface area contributed by atoms with Crippen LogP contribution in [-0.4, -0.2) is 9.97 Å². The zero-order valence-corrected chi connectivity index (χ0v) is 14.0. The van der Waals surface area contributed by atoms with Crippen molar-refractivity contribution in [1.82, 2.24) is 9.97 Å². The van der Waals surface area contributed by atoms with Crippen LogP contribution in [0.4, 0.5) is 0 Å². The predicted octanol–water partition coefficient (Wildman–Crippen LogP) is 3.06. The SMILES string of the molecule is CC[n+]1cc(-c2c[n+](CC)c3ccccc3n2)nc2ccccc21. The van der Waals surface area contributed by atoms with Crippen LogP contribution in [0, 0.1) is 0 Å². The molecule has 24 heavy (non-hydrogen) atoms. The summed E-state index contributed by atoms with van der Waals surface area (Å²) in [5.74, 6) is 0. The fraction of sp³-hybridized carbons (Fsp3) is 0.200. The molecule has 0 atom stereocenters. The van der Waals surface area contributed by atoms with Crippen LogP contribution >= 0.6 is 0 Å². The lowest BCUT2D eigenvalue weighted by molar-refractivity contribution is -0.669. The smallest absolute Gasteiger partial charge is 0.231 e. The number of rotatable bonds is 3. The first-order valence-corrected chi connectivity index (χ1v) is 8.39. The van der Waals surface area contributed by atoms with Crippen molar-refractivity contribution in [3.63, 3.8) is 0 Å². The van der Waals surface area contributed by atoms with Gasteiger partial charge in [0.1, 0.15) is 24.1 Å². The van der Waals surface area contributed by atoms with Gasteiger partial charge < -0.3 is 0 Å². The van der Waals surface area contributed by atoms with Gasteiger partial charge in [-0.15, -0.1) is 0 Å². The van der Waals surface area contributed by atoms with Gasteiger partial charge in [0.05, 0.1) is 0 Å². The summed E-state index contributed by atoms with van der Waals surface area (Å²) in [5.41, 5.74) is 6.09. The molecular weight excluding hydrogens is 296 g/mol. The van der Waals surface area contributed by atoms with E-state index in [1.165, 1.54) is 0 Å². The molecule has 4 heteroatoms. The van der Waals surface area contributed by atoms with E-state index >= 15 is 0 Å². The summed E-state index contributed by atoms with van der Waals surface area (Å²) in [6.07, 6.45) is 4.19. The van der Waals surface area contributed by atoms with Crippen LogP contribution in [-0.2, 0) is 13.1 Å². The minimum Gasteiger partial charge on any atom is -0.233 e. The second-order valence-electron chi connectivity index (χ2n) is 5.80. The number of fused-ring (bicyclic) bond motifs is 2. The van der Waals surface area contributed by atoms with Crippen LogP contribution in [0.25, 0.3) is 33.5 Å². The molecule has 4 rings (SSSR count). The number of aryl methyl sites for hydroxylation is 2. The van der Waals surface area contributed by atoms with E-state index in [1.54, 1.807) is 0 Å². The third kappa shape index (κ3) is 2.40. The summed E-state index contributed by atoms with van der Waals surface area (Å²) in [6.45, 7) is 6.10. The Labute approximate surface area is 141 Å². The number of nitrogens with zero attached hydrogens (tertiary/aromatic N) is 4. The topological polar surface area (TPSA) is 33.5 Å². The lowest BCUT2D eigenvalue weighted by atomic mass is 10.2.